The first-order valence-electron chi connectivity index (χ1n) is 5.96. The molecule has 1 unspecified atom stereocenters. The SMILES string of the molecule is CC1CN(C(=O)N2CC(C(=O)O)C2)CCCO1. The Morgan fingerprint density at radius 3 is 2.59 bits per heavy atom. The lowest BCUT2D eigenvalue weighted by atomic mass is 10.0. The van der Waals surface area contributed by atoms with Crippen molar-refractivity contribution < 1.29 is 19.4 Å². The molecule has 2 fully saturated rings. The fourth-order valence-electron chi connectivity index (χ4n) is 2.16. The van der Waals surface area contributed by atoms with Crippen LogP contribution in [0.2, 0.25) is 0 Å². The van der Waals surface area contributed by atoms with Crippen LogP contribution in [0.25, 0.3) is 0 Å². The molecule has 1 N–H and O–H groups in total. The number of carbonyl (C=O) groups is 2. The van der Waals surface area contributed by atoms with E-state index >= 15 is 0 Å². The van der Waals surface area contributed by atoms with Gasteiger partial charge >= 0.3 is 12.0 Å². The van der Waals surface area contributed by atoms with Gasteiger partial charge in [0.15, 0.2) is 0 Å². The number of carbonyl (C=O) groups excluding carboxylic acids is 1. The third-order valence-electron chi connectivity index (χ3n) is 3.22. The number of likely N-dealkylation sites (tertiary alicyclic amines) is 1. The zero-order chi connectivity index (χ0) is 12.4. The van der Waals surface area contributed by atoms with Crippen molar-refractivity contribution in [3.8, 4) is 0 Å². The molecule has 2 aliphatic rings. The molecule has 0 spiro atoms. The third kappa shape index (κ3) is 2.69. The molecule has 17 heavy (non-hydrogen) atoms. The molecule has 6 heteroatoms. The Hall–Kier alpha value is -1.30. The quantitative estimate of drug-likeness (QED) is 0.714. The van der Waals surface area contributed by atoms with Gasteiger partial charge in [-0.2, -0.15) is 0 Å². The Morgan fingerprint density at radius 2 is 1.94 bits per heavy atom. The highest BCUT2D eigenvalue weighted by atomic mass is 16.5. The molecule has 1 atom stereocenters. The van der Waals surface area contributed by atoms with E-state index in [4.69, 9.17) is 9.84 Å². The first-order valence-corrected chi connectivity index (χ1v) is 5.96. The smallest absolute Gasteiger partial charge is 0.320 e. The summed E-state index contributed by atoms with van der Waals surface area (Å²) < 4.78 is 5.47. The first-order chi connectivity index (χ1) is 8.08. The maximum Gasteiger partial charge on any atom is 0.320 e. The first kappa shape index (κ1) is 12.2. The van der Waals surface area contributed by atoms with Crippen LogP contribution in [0.1, 0.15) is 13.3 Å². The maximum atomic E-state index is 12.1. The highest BCUT2D eigenvalue weighted by Gasteiger charge is 2.37. The van der Waals surface area contributed by atoms with Crippen LogP contribution in [0, 0.1) is 5.92 Å². The van der Waals surface area contributed by atoms with Crippen LogP contribution in [-0.2, 0) is 9.53 Å². The second kappa shape index (κ2) is 4.91. The number of hydrogen-bond acceptors (Lipinski definition) is 3. The standard InChI is InChI=1S/C11H18N2O4/c1-8-5-12(3-2-4-17-8)11(16)13-6-9(7-13)10(14)15/h8-9H,2-7H2,1H3,(H,14,15). The maximum absolute atomic E-state index is 12.1. The average Bonchev–Trinajstić information content (AvgIpc) is 2.39. The Kier molecular flexibility index (Phi) is 3.51. The van der Waals surface area contributed by atoms with Gasteiger partial charge in [-0.1, -0.05) is 0 Å². The molecule has 0 aliphatic carbocycles. The van der Waals surface area contributed by atoms with E-state index in [1.165, 1.54) is 0 Å². The van der Waals surface area contributed by atoms with Gasteiger partial charge in [0.25, 0.3) is 0 Å². The van der Waals surface area contributed by atoms with E-state index in [0.29, 0.717) is 32.8 Å². The lowest BCUT2D eigenvalue weighted by Gasteiger charge is -2.39. The van der Waals surface area contributed by atoms with Crippen molar-refractivity contribution in [2.45, 2.75) is 19.4 Å². The van der Waals surface area contributed by atoms with E-state index in [1.54, 1.807) is 9.80 Å². The van der Waals surface area contributed by atoms with Crippen molar-refractivity contribution in [2.75, 3.05) is 32.8 Å². The molecule has 0 saturated carbocycles. The molecular formula is C11H18N2O4. The van der Waals surface area contributed by atoms with Crippen molar-refractivity contribution in [1.82, 2.24) is 9.80 Å². The van der Waals surface area contributed by atoms with Gasteiger partial charge in [0.2, 0.25) is 0 Å². The summed E-state index contributed by atoms with van der Waals surface area (Å²) in [7, 11) is 0. The summed E-state index contributed by atoms with van der Waals surface area (Å²) in [6.07, 6.45) is 0.893. The number of ether oxygens (including phenoxy) is 1. The Bertz CT molecular complexity index is 315. The van der Waals surface area contributed by atoms with Crippen molar-refractivity contribution >= 4 is 12.0 Å². The van der Waals surface area contributed by atoms with Gasteiger partial charge in [-0.3, -0.25) is 4.79 Å². The Morgan fingerprint density at radius 1 is 1.24 bits per heavy atom. The number of urea groups is 1. The van der Waals surface area contributed by atoms with E-state index in [-0.39, 0.29) is 18.1 Å². The normalized spacial score (nSPS) is 26.3. The summed E-state index contributed by atoms with van der Waals surface area (Å²) in [4.78, 5) is 26.1. The van der Waals surface area contributed by atoms with Crippen LogP contribution in [0.4, 0.5) is 4.79 Å². The number of amides is 2. The predicted molar refractivity (Wildman–Crippen MR) is 59.7 cm³/mol. The number of carboxylic acids is 1. The lowest BCUT2D eigenvalue weighted by molar-refractivity contribution is -0.146. The third-order valence-corrected chi connectivity index (χ3v) is 3.22. The van der Waals surface area contributed by atoms with Crippen LogP contribution < -0.4 is 0 Å². The minimum Gasteiger partial charge on any atom is -0.481 e. The molecule has 2 rings (SSSR count). The minimum absolute atomic E-state index is 0.0537. The van der Waals surface area contributed by atoms with Crippen molar-refractivity contribution in [2.24, 2.45) is 5.92 Å². The number of hydrogen-bond donors (Lipinski definition) is 1. The molecule has 6 nitrogen and oxygen atoms in total. The van der Waals surface area contributed by atoms with Gasteiger partial charge in [0, 0.05) is 32.8 Å². The molecule has 0 radical (unpaired) electrons. The second-order valence-electron chi connectivity index (χ2n) is 4.70. The summed E-state index contributed by atoms with van der Waals surface area (Å²) in [6.45, 7) is 4.58. The van der Waals surface area contributed by atoms with E-state index in [9.17, 15) is 9.59 Å². The van der Waals surface area contributed by atoms with Crippen LogP contribution in [0.3, 0.4) is 0 Å². The van der Waals surface area contributed by atoms with Gasteiger partial charge in [-0.05, 0) is 13.3 Å². The van der Waals surface area contributed by atoms with Gasteiger partial charge in [0.1, 0.15) is 0 Å². The van der Waals surface area contributed by atoms with Crippen molar-refractivity contribution in [3.63, 3.8) is 0 Å². The fraction of sp³-hybridized carbons (Fsp3) is 0.818. The predicted octanol–water partition coefficient (Wildman–Crippen LogP) is 0.234. The van der Waals surface area contributed by atoms with E-state index in [0.717, 1.165) is 6.42 Å². The summed E-state index contributed by atoms with van der Waals surface area (Å²) in [5.41, 5.74) is 0. The minimum atomic E-state index is -0.818. The summed E-state index contributed by atoms with van der Waals surface area (Å²) in [5.74, 6) is -1.21. The van der Waals surface area contributed by atoms with Crippen LogP contribution in [0.5, 0.6) is 0 Å². The molecule has 2 amide bonds. The molecule has 2 heterocycles. The summed E-state index contributed by atoms with van der Waals surface area (Å²) in [5, 5.41) is 8.76. The van der Waals surface area contributed by atoms with Gasteiger partial charge in [-0.25, -0.2) is 4.79 Å². The monoisotopic (exact) mass is 242 g/mol. The highest BCUT2D eigenvalue weighted by Crippen LogP contribution is 2.18. The van der Waals surface area contributed by atoms with Crippen LogP contribution >= 0.6 is 0 Å². The lowest BCUT2D eigenvalue weighted by Crippen LogP contribution is -2.57. The van der Waals surface area contributed by atoms with Crippen molar-refractivity contribution in [1.29, 1.82) is 0 Å². The second-order valence-corrected chi connectivity index (χ2v) is 4.70. The van der Waals surface area contributed by atoms with Crippen LogP contribution in [-0.4, -0.2) is 65.8 Å². The molecule has 0 aromatic heterocycles. The molecule has 0 bridgehead atoms. The zero-order valence-corrected chi connectivity index (χ0v) is 9.96. The molecule has 0 aromatic rings. The fourth-order valence-corrected chi connectivity index (χ4v) is 2.16. The molecule has 96 valence electrons. The van der Waals surface area contributed by atoms with Gasteiger partial charge in [-0.15, -0.1) is 0 Å². The Labute approximate surface area is 100 Å². The number of rotatable bonds is 1. The average molecular weight is 242 g/mol. The number of nitrogens with zero attached hydrogens (tertiary/aromatic N) is 2. The van der Waals surface area contributed by atoms with Gasteiger partial charge in [0.05, 0.1) is 12.0 Å². The van der Waals surface area contributed by atoms with E-state index in [1.807, 2.05) is 6.92 Å². The van der Waals surface area contributed by atoms with Crippen LogP contribution in [0.15, 0.2) is 0 Å². The van der Waals surface area contributed by atoms with E-state index in [2.05, 4.69) is 0 Å². The largest absolute Gasteiger partial charge is 0.481 e. The molecule has 0 aromatic carbocycles. The van der Waals surface area contributed by atoms with Gasteiger partial charge < -0.3 is 19.6 Å². The topological polar surface area (TPSA) is 70.1 Å². The zero-order valence-electron chi connectivity index (χ0n) is 9.96. The summed E-state index contributed by atoms with van der Waals surface area (Å²) in [6, 6.07) is -0.0557. The van der Waals surface area contributed by atoms with Crippen molar-refractivity contribution in [3.05, 3.63) is 0 Å². The Balaban J connectivity index is 1.85. The summed E-state index contributed by atoms with van der Waals surface area (Å²) >= 11 is 0. The number of aliphatic carboxylic acids is 1. The van der Waals surface area contributed by atoms with E-state index < -0.39 is 5.97 Å². The molecular weight excluding hydrogens is 224 g/mol. The molecule has 2 saturated heterocycles. The highest BCUT2D eigenvalue weighted by molar-refractivity contribution is 5.79. The number of carboxylic acid groups (broad SMARTS) is 1. The molecule has 2 aliphatic heterocycles.